The highest BCUT2D eigenvalue weighted by atomic mass is 15.1. The molecular weight excluding hydrogens is 226 g/mol. The number of anilines is 4. The number of aromatic nitrogens is 2. The first-order chi connectivity index (χ1) is 8.63. The Kier molecular flexibility index (Phi) is 3.62. The van der Waals surface area contributed by atoms with Crippen LogP contribution in [-0.2, 0) is 0 Å². The molecule has 0 fully saturated rings. The first-order valence-electron chi connectivity index (χ1n) is 5.84. The third kappa shape index (κ3) is 3.35. The van der Waals surface area contributed by atoms with E-state index < -0.39 is 0 Å². The molecule has 0 spiro atoms. The van der Waals surface area contributed by atoms with Crippen molar-refractivity contribution in [3.63, 3.8) is 0 Å². The zero-order valence-corrected chi connectivity index (χ0v) is 10.5. The average Bonchev–Trinajstić information content (AvgIpc) is 2.32. The van der Waals surface area contributed by atoms with E-state index in [1.807, 2.05) is 30.3 Å². The minimum atomic E-state index is 0.337. The van der Waals surface area contributed by atoms with Gasteiger partial charge >= 0.3 is 0 Å². The summed E-state index contributed by atoms with van der Waals surface area (Å²) in [6.45, 7) is 4.13. The van der Waals surface area contributed by atoms with Crippen molar-refractivity contribution in [2.24, 2.45) is 0 Å². The molecule has 1 aromatic carbocycles. The number of hydrogen-bond donors (Lipinski definition) is 3. The van der Waals surface area contributed by atoms with Gasteiger partial charge in [0.1, 0.15) is 18.0 Å². The Hall–Kier alpha value is -2.30. The maximum absolute atomic E-state index is 5.64. The predicted molar refractivity (Wildman–Crippen MR) is 74.9 cm³/mol. The van der Waals surface area contributed by atoms with Gasteiger partial charge in [0, 0.05) is 23.5 Å². The molecule has 0 saturated carbocycles. The van der Waals surface area contributed by atoms with Crippen LogP contribution in [0.25, 0.3) is 0 Å². The van der Waals surface area contributed by atoms with Gasteiger partial charge in [-0.3, -0.25) is 0 Å². The summed E-state index contributed by atoms with van der Waals surface area (Å²) in [5, 5.41) is 6.43. The van der Waals surface area contributed by atoms with Crippen LogP contribution >= 0.6 is 0 Å². The van der Waals surface area contributed by atoms with Gasteiger partial charge in [-0.05, 0) is 38.1 Å². The first-order valence-corrected chi connectivity index (χ1v) is 5.84. The van der Waals surface area contributed by atoms with Gasteiger partial charge in [0.05, 0.1) is 0 Å². The molecule has 0 aliphatic heterocycles. The summed E-state index contributed by atoms with van der Waals surface area (Å²) in [4.78, 5) is 8.32. The maximum Gasteiger partial charge on any atom is 0.135 e. The fraction of sp³-hybridized carbons (Fsp3) is 0.231. The van der Waals surface area contributed by atoms with Crippen molar-refractivity contribution in [1.82, 2.24) is 9.97 Å². The number of benzene rings is 1. The zero-order valence-electron chi connectivity index (χ0n) is 10.5. The molecule has 0 aliphatic rings. The maximum atomic E-state index is 5.64. The van der Waals surface area contributed by atoms with Gasteiger partial charge in [-0.25, -0.2) is 9.97 Å². The predicted octanol–water partition coefficient (Wildman–Crippen LogP) is 2.62. The fourth-order valence-electron chi connectivity index (χ4n) is 1.51. The van der Waals surface area contributed by atoms with E-state index in [-0.39, 0.29) is 0 Å². The minimum Gasteiger partial charge on any atom is -0.399 e. The first kappa shape index (κ1) is 12.2. The summed E-state index contributed by atoms with van der Waals surface area (Å²) in [5.41, 5.74) is 7.32. The number of nitrogens with zero attached hydrogens (tertiary/aromatic N) is 2. The van der Waals surface area contributed by atoms with Crippen molar-refractivity contribution in [3.8, 4) is 0 Å². The molecule has 1 heterocycles. The molecule has 94 valence electrons. The molecule has 0 atom stereocenters. The van der Waals surface area contributed by atoms with Crippen LogP contribution in [-0.4, -0.2) is 16.0 Å². The molecule has 2 aromatic rings. The van der Waals surface area contributed by atoms with Gasteiger partial charge in [-0.2, -0.15) is 0 Å². The molecule has 0 bridgehead atoms. The van der Waals surface area contributed by atoms with Crippen molar-refractivity contribution >= 4 is 23.0 Å². The highest BCUT2D eigenvalue weighted by Crippen LogP contribution is 2.17. The summed E-state index contributed by atoms with van der Waals surface area (Å²) in [6, 6.07) is 9.72. The molecule has 4 N–H and O–H groups in total. The van der Waals surface area contributed by atoms with Crippen molar-refractivity contribution < 1.29 is 0 Å². The van der Waals surface area contributed by atoms with Gasteiger partial charge in [0.15, 0.2) is 0 Å². The summed E-state index contributed by atoms with van der Waals surface area (Å²) in [6.07, 6.45) is 1.53. The van der Waals surface area contributed by atoms with Crippen LogP contribution in [0.4, 0.5) is 23.0 Å². The van der Waals surface area contributed by atoms with E-state index in [2.05, 4.69) is 34.4 Å². The molecular formula is C13H17N5. The summed E-state index contributed by atoms with van der Waals surface area (Å²) >= 11 is 0. The standard InChI is InChI=1S/C13H17N5/c1-9(2)17-12-7-13(16-8-15-12)18-11-5-3-10(14)4-6-11/h3-9H,14H2,1-2H3,(H2,15,16,17,18). The molecule has 0 unspecified atom stereocenters. The second-order valence-electron chi connectivity index (χ2n) is 4.33. The normalized spacial score (nSPS) is 10.4. The van der Waals surface area contributed by atoms with Crippen molar-refractivity contribution in [2.75, 3.05) is 16.4 Å². The molecule has 1 aromatic heterocycles. The van der Waals surface area contributed by atoms with Crippen LogP contribution in [0.5, 0.6) is 0 Å². The van der Waals surface area contributed by atoms with E-state index in [9.17, 15) is 0 Å². The molecule has 0 aliphatic carbocycles. The Bertz CT molecular complexity index is 507. The Morgan fingerprint density at radius 3 is 2.39 bits per heavy atom. The van der Waals surface area contributed by atoms with Crippen LogP contribution < -0.4 is 16.4 Å². The topological polar surface area (TPSA) is 75.9 Å². The van der Waals surface area contributed by atoms with E-state index in [0.717, 1.165) is 23.0 Å². The van der Waals surface area contributed by atoms with Gasteiger partial charge in [-0.15, -0.1) is 0 Å². The van der Waals surface area contributed by atoms with Gasteiger partial charge in [0.25, 0.3) is 0 Å². The number of rotatable bonds is 4. The largest absolute Gasteiger partial charge is 0.399 e. The second kappa shape index (κ2) is 5.35. The lowest BCUT2D eigenvalue weighted by molar-refractivity contribution is 0.886. The number of nitrogen functional groups attached to an aromatic ring is 1. The number of nitrogens with two attached hydrogens (primary N) is 1. The Balaban J connectivity index is 2.11. The van der Waals surface area contributed by atoms with E-state index in [1.54, 1.807) is 0 Å². The van der Waals surface area contributed by atoms with Crippen molar-refractivity contribution in [3.05, 3.63) is 36.7 Å². The van der Waals surface area contributed by atoms with E-state index in [4.69, 9.17) is 5.73 Å². The zero-order chi connectivity index (χ0) is 13.0. The molecule has 0 radical (unpaired) electrons. The Morgan fingerprint density at radius 1 is 1.06 bits per heavy atom. The van der Waals surface area contributed by atoms with Crippen molar-refractivity contribution in [2.45, 2.75) is 19.9 Å². The highest BCUT2D eigenvalue weighted by Gasteiger charge is 2.00. The SMILES string of the molecule is CC(C)Nc1cc(Nc2ccc(N)cc2)ncn1. The third-order valence-electron chi connectivity index (χ3n) is 2.29. The van der Waals surface area contributed by atoms with Crippen molar-refractivity contribution in [1.29, 1.82) is 0 Å². The molecule has 5 heteroatoms. The number of hydrogen-bond acceptors (Lipinski definition) is 5. The Morgan fingerprint density at radius 2 is 1.72 bits per heavy atom. The van der Waals surface area contributed by atoms with Crippen LogP contribution in [0, 0.1) is 0 Å². The van der Waals surface area contributed by atoms with Gasteiger partial charge in [0.2, 0.25) is 0 Å². The fourth-order valence-corrected chi connectivity index (χ4v) is 1.51. The smallest absolute Gasteiger partial charge is 0.135 e. The van der Waals surface area contributed by atoms with E-state index in [1.165, 1.54) is 6.33 Å². The number of nitrogens with one attached hydrogen (secondary N) is 2. The Labute approximate surface area is 106 Å². The van der Waals surface area contributed by atoms with Gasteiger partial charge < -0.3 is 16.4 Å². The molecule has 2 rings (SSSR count). The quantitative estimate of drug-likeness (QED) is 0.720. The minimum absolute atomic E-state index is 0.337. The van der Waals surface area contributed by atoms with Crippen LogP contribution in [0.2, 0.25) is 0 Å². The summed E-state index contributed by atoms with van der Waals surface area (Å²) < 4.78 is 0. The molecule has 18 heavy (non-hydrogen) atoms. The molecule has 0 saturated heterocycles. The average molecular weight is 243 g/mol. The summed E-state index contributed by atoms with van der Waals surface area (Å²) in [5.74, 6) is 1.55. The van der Waals surface area contributed by atoms with E-state index in [0.29, 0.717) is 6.04 Å². The third-order valence-corrected chi connectivity index (χ3v) is 2.29. The lowest BCUT2D eigenvalue weighted by Gasteiger charge is -2.10. The lowest BCUT2D eigenvalue weighted by Crippen LogP contribution is -2.11. The van der Waals surface area contributed by atoms with Crippen LogP contribution in [0.3, 0.4) is 0 Å². The molecule has 0 amide bonds. The van der Waals surface area contributed by atoms with Gasteiger partial charge in [-0.1, -0.05) is 0 Å². The lowest BCUT2D eigenvalue weighted by atomic mass is 10.3. The monoisotopic (exact) mass is 243 g/mol. The second-order valence-corrected chi connectivity index (χ2v) is 4.33. The summed E-state index contributed by atoms with van der Waals surface area (Å²) in [7, 11) is 0. The van der Waals surface area contributed by atoms with Crippen LogP contribution in [0.1, 0.15) is 13.8 Å². The van der Waals surface area contributed by atoms with E-state index >= 15 is 0 Å². The highest BCUT2D eigenvalue weighted by molar-refractivity contribution is 5.61. The van der Waals surface area contributed by atoms with Crippen LogP contribution in [0.15, 0.2) is 36.7 Å². The molecule has 5 nitrogen and oxygen atoms in total.